The fraction of sp³-hybridized carbons (Fsp3) is 0.538. The molecule has 1 aliphatic rings. The lowest BCUT2D eigenvalue weighted by Crippen LogP contribution is -2.29. The van der Waals surface area contributed by atoms with E-state index in [4.69, 9.17) is 0 Å². The fourth-order valence-corrected chi connectivity index (χ4v) is 4.02. The van der Waals surface area contributed by atoms with Crippen molar-refractivity contribution >= 4 is 21.8 Å². The van der Waals surface area contributed by atoms with E-state index in [1.807, 2.05) is 19.2 Å². The lowest BCUT2D eigenvalue weighted by Gasteiger charge is -2.12. The van der Waals surface area contributed by atoms with Crippen LogP contribution in [0.2, 0.25) is 0 Å². The first-order chi connectivity index (χ1) is 9.03. The molecule has 6 heteroatoms. The summed E-state index contributed by atoms with van der Waals surface area (Å²) < 4.78 is 27.1. The van der Waals surface area contributed by atoms with E-state index in [1.54, 1.807) is 23.9 Å². The molecule has 1 aromatic rings. The van der Waals surface area contributed by atoms with Crippen molar-refractivity contribution in [3.05, 3.63) is 29.3 Å². The van der Waals surface area contributed by atoms with Gasteiger partial charge in [0.2, 0.25) is 10.0 Å². The molecule has 19 heavy (non-hydrogen) atoms. The Balaban J connectivity index is 2.07. The van der Waals surface area contributed by atoms with Crippen LogP contribution in [0.1, 0.15) is 18.1 Å². The Hall–Kier alpha value is -0.560. The fourth-order valence-electron chi connectivity index (χ4n) is 2.12. The molecule has 0 saturated heterocycles. The molecule has 1 aromatic carbocycles. The van der Waals surface area contributed by atoms with Crippen LogP contribution in [0, 0.1) is 5.92 Å². The summed E-state index contributed by atoms with van der Waals surface area (Å²) in [5.41, 5.74) is 2.27. The summed E-state index contributed by atoms with van der Waals surface area (Å²) in [4.78, 5) is 0.367. The number of hydrogen-bond acceptors (Lipinski definition) is 4. The van der Waals surface area contributed by atoms with Gasteiger partial charge in [0.1, 0.15) is 0 Å². The van der Waals surface area contributed by atoms with Crippen molar-refractivity contribution in [1.82, 2.24) is 10.0 Å². The molecule has 1 atom stereocenters. The zero-order chi connectivity index (χ0) is 13.9. The monoisotopic (exact) mass is 300 g/mol. The van der Waals surface area contributed by atoms with Gasteiger partial charge in [-0.15, -0.1) is 0 Å². The van der Waals surface area contributed by atoms with Gasteiger partial charge in [-0.25, -0.2) is 13.1 Å². The lowest BCUT2D eigenvalue weighted by molar-refractivity contribution is 0.562. The molecule has 4 nitrogen and oxygen atoms in total. The Kier molecular flexibility index (Phi) is 4.89. The van der Waals surface area contributed by atoms with Gasteiger partial charge in [-0.3, -0.25) is 0 Å². The van der Waals surface area contributed by atoms with Crippen LogP contribution in [0.3, 0.4) is 0 Å². The molecular weight excluding hydrogens is 280 g/mol. The predicted octanol–water partition coefficient (Wildman–Crippen LogP) is 1.57. The van der Waals surface area contributed by atoms with E-state index in [0.717, 1.165) is 24.4 Å². The lowest BCUT2D eigenvalue weighted by atomic mass is 10.1. The van der Waals surface area contributed by atoms with E-state index in [-0.39, 0.29) is 0 Å². The van der Waals surface area contributed by atoms with Crippen molar-refractivity contribution in [2.45, 2.75) is 24.9 Å². The van der Waals surface area contributed by atoms with Crippen molar-refractivity contribution < 1.29 is 8.42 Å². The van der Waals surface area contributed by atoms with E-state index < -0.39 is 10.0 Å². The molecular formula is C13H20N2O2S2. The van der Waals surface area contributed by atoms with Crippen molar-refractivity contribution in [3.8, 4) is 0 Å². The van der Waals surface area contributed by atoms with Crippen molar-refractivity contribution in [1.29, 1.82) is 0 Å². The summed E-state index contributed by atoms with van der Waals surface area (Å²) in [6.07, 6.45) is 2.03. The highest BCUT2D eigenvalue weighted by Gasteiger charge is 2.18. The maximum Gasteiger partial charge on any atom is 0.240 e. The van der Waals surface area contributed by atoms with Crippen molar-refractivity contribution in [3.63, 3.8) is 0 Å². The second kappa shape index (κ2) is 6.26. The molecule has 0 spiro atoms. The first-order valence-electron chi connectivity index (χ1n) is 6.34. The number of nitrogens with one attached hydrogen (secondary N) is 2. The molecule has 2 N–H and O–H groups in total. The summed E-state index contributed by atoms with van der Waals surface area (Å²) in [6.45, 7) is 4.11. The van der Waals surface area contributed by atoms with E-state index in [2.05, 4.69) is 10.0 Å². The molecule has 0 saturated carbocycles. The van der Waals surface area contributed by atoms with E-state index in [1.165, 1.54) is 5.56 Å². The van der Waals surface area contributed by atoms with Gasteiger partial charge in [-0.05, 0) is 41.2 Å². The Labute approximate surface area is 119 Å². The highest BCUT2D eigenvalue weighted by molar-refractivity contribution is 7.98. The van der Waals surface area contributed by atoms with Gasteiger partial charge in [0.25, 0.3) is 0 Å². The maximum absolute atomic E-state index is 12.2. The molecule has 106 valence electrons. The van der Waals surface area contributed by atoms with Crippen LogP contribution in [0.4, 0.5) is 0 Å². The molecule has 0 radical (unpaired) electrons. The SMILES string of the molecule is CSCC(C)CNS(=O)(=O)c1ccc2c(c1)CNC2. The number of fused-ring (bicyclic) bond motifs is 1. The third-order valence-corrected chi connectivity index (χ3v) is 5.52. The Morgan fingerprint density at radius 2 is 2.11 bits per heavy atom. The van der Waals surface area contributed by atoms with Gasteiger partial charge in [0.15, 0.2) is 0 Å². The van der Waals surface area contributed by atoms with Crippen LogP contribution in [0.25, 0.3) is 0 Å². The van der Waals surface area contributed by atoms with Crippen LogP contribution in [0.5, 0.6) is 0 Å². The Morgan fingerprint density at radius 1 is 1.37 bits per heavy atom. The quantitative estimate of drug-likeness (QED) is 0.837. The molecule has 0 amide bonds. The van der Waals surface area contributed by atoms with Crippen LogP contribution in [-0.2, 0) is 23.1 Å². The highest BCUT2D eigenvalue weighted by atomic mass is 32.2. The summed E-state index contributed by atoms with van der Waals surface area (Å²) in [5, 5.41) is 3.22. The van der Waals surface area contributed by atoms with Crippen molar-refractivity contribution in [2.75, 3.05) is 18.6 Å². The Bertz CT molecular complexity index is 544. The van der Waals surface area contributed by atoms with E-state index in [0.29, 0.717) is 17.4 Å². The first-order valence-corrected chi connectivity index (χ1v) is 9.22. The summed E-state index contributed by atoms with van der Waals surface area (Å²) in [5.74, 6) is 1.29. The molecule has 0 fully saturated rings. The molecule has 1 unspecified atom stereocenters. The standard InChI is InChI=1S/C13H20N2O2S2/c1-10(9-18-2)6-15-19(16,17)13-4-3-11-7-14-8-12(11)5-13/h3-5,10,14-15H,6-9H2,1-2H3. The van der Waals surface area contributed by atoms with Crippen molar-refractivity contribution in [2.24, 2.45) is 5.92 Å². The first kappa shape index (κ1) is 14.8. The smallest absolute Gasteiger partial charge is 0.240 e. The zero-order valence-corrected chi connectivity index (χ0v) is 12.9. The number of hydrogen-bond donors (Lipinski definition) is 2. The van der Waals surface area contributed by atoms with Gasteiger partial charge in [-0.1, -0.05) is 13.0 Å². The minimum absolute atomic E-state index is 0.334. The number of rotatable bonds is 6. The van der Waals surface area contributed by atoms with Gasteiger partial charge in [0.05, 0.1) is 4.90 Å². The minimum Gasteiger partial charge on any atom is -0.309 e. The molecule has 0 aromatic heterocycles. The Morgan fingerprint density at radius 3 is 2.84 bits per heavy atom. The molecule has 0 aliphatic carbocycles. The number of sulfonamides is 1. The molecule has 1 heterocycles. The second-order valence-corrected chi connectivity index (χ2v) is 7.62. The van der Waals surface area contributed by atoms with Crippen LogP contribution < -0.4 is 10.0 Å². The predicted molar refractivity (Wildman–Crippen MR) is 79.7 cm³/mol. The molecule has 0 bridgehead atoms. The second-order valence-electron chi connectivity index (χ2n) is 4.95. The topological polar surface area (TPSA) is 58.2 Å². The average Bonchev–Trinajstić information content (AvgIpc) is 2.84. The third kappa shape index (κ3) is 3.72. The van der Waals surface area contributed by atoms with Gasteiger partial charge >= 0.3 is 0 Å². The summed E-state index contributed by atoms with van der Waals surface area (Å²) in [6, 6.07) is 5.36. The highest BCUT2D eigenvalue weighted by Crippen LogP contribution is 2.20. The number of thioether (sulfide) groups is 1. The van der Waals surface area contributed by atoms with E-state index in [9.17, 15) is 8.42 Å². The molecule has 1 aliphatic heterocycles. The largest absolute Gasteiger partial charge is 0.309 e. The van der Waals surface area contributed by atoms with Gasteiger partial charge in [0, 0.05) is 19.6 Å². The zero-order valence-electron chi connectivity index (χ0n) is 11.3. The van der Waals surface area contributed by atoms with Crippen LogP contribution in [-0.4, -0.2) is 27.0 Å². The summed E-state index contributed by atoms with van der Waals surface area (Å²) in [7, 11) is -3.38. The summed E-state index contributed by atoms with van der Waals surface area (Å²) >= 11 is 1.73. The minimum atomic E-state index is -3.38. The van der Waals surface area contributed by atoms with Crippen LogP contribution in [0.15, 0.2) is 23.1 Å². The number of benzene rings is 1. The van der Waals surface area contributed by atoms with E-state index >= 15 is 0 Å². The maximum atomic E-state index is 12.2. The van der Waals surface area contributed by atoms with Gasteiger partial charge < -0.3 is 5.32 Å². The normalized spacial score (nSPS) is 16.3. The van der Waals surface area contributed by atoms with Crippen LogP contribution >= 0.6 is 11.8 Å². The average molecular weight is 300 g/mol. The third-order valence-electron chi connectivity index (χ3n) is 3.19. The molecule has 2 rings (SSSR count). The van der Waals surface area contributed by atoms with Gasteiger partial charge in [-0.2, -0.15) is 11.8 Å².